The zero-order valence-electron chi connectivity index (χ0n) is 12.9. The number of benzene rings is 1. The minimum atomic E-state index is -0.376. The number of carbonyl (C=O) groups is 1. The Bertz CT molecular complexity index is 720. The Kier molecular flexibility index (Phi) is 4.13. The maximum atomic E-state index is 11.9. The van der Waals surface area contributed by atoms with Gasteiger partial charge in [0.1, 0.15) is 5.82 Å². The first kappa shape index (κ1) is 14.9. The van der Waals surface area contributed by atoms with E-state index < -0.39 is 0 Å². The number of rotatable bonds is 4. The smallest absolute Gasteiger partial charge is 0.321 e. The second-order valence-corrected chi connectivity index (χ2v) is 5.13. The predicted octanol–water partition coefficient (Wildman–Crippen LogP) is 1.59. The predicted molar refractivity (Wildman–Crippen MR) is 84.8 cm³/mol. The van der Waals surface area contributed by atoms with Crippen LogP contribution >= 0.6 is 0 Å². The van der Waals surface area contributed by atoms with Crippen LogP contribution in [0, 0.1) is 0 Å². The summed E-state index contributed by atoms with van der Waals surface area (Å²) in [6.45, 7) is 0.585. The second kappa shape index (κ2) is 6.39. The molecule has 0 fully saturated rings. The molecule has 0 saturated heterocycles. The number of hydrogen-bond acceptors (Lipinski definition) is 6. The fourth-order valence-electron chi connectivity index (χ4n) is 2.04. The normalized spacial score (nSPS) is 11.9. The first-order chi connectivity index (χ1) is 11.1. The first-order valence-corrected chi connectivity index (χ1v) is 7.05. The van der Waals surface area contributed by atoms with Crippen LogP contribution < -0.4 is 25.0 Å². The molecule has 2 amide bonds. The van der Waals surface area contributed by atoms with Gasteiger partial charge in [-0.2, -0.15) is 4.98 Å². The fraction of sp³-hybridized carbons (Fsp3) is 0.267. The minimum absolute atomic E-state index is 0.228. The third kappa shape index (κ3) is 3.60. The van der Waals surface area contributed by atoms with Gasteiger partial charge in [-0.15, -0.1) is 0 Å². The van der Waals surface area contributed by atoms with E-state index in [-0.39, 0.29) is 18.8 Å². The molecule has 1 aliphatic heterocycles. The number of ether oxygens (including phenoxy) is 2. The Morgan fingerprint density at radius 3 is 2.91 bits per heavy atom. The maximum absolute atomic E-state index is 11.9. The lowest BCUT2D eigenvalue weighted by atomic mass is 10.2. The van der Waals surface area contributed by atoms with E-state index >= 15 is 0 Å². The van der Waals surface area contributed by atoms with Crippen molar-refractivity contribution in [2.24, 2.45) is 0 Å². The minimum Gasteiger partial charge on any atom is -0.454 e. The lowest BCUT2D eigenvalue weighted by molar-refractivity contribution is 0.174. The van der Waals surface area contributed by atoms with Crippen molar-refractivity contribution in [3.63, 3.8) is 0 Å². The standard InChI is InChI=1S/C15H17N5O3/c1-20(2)13-5-6-16-14(18-13)19-15(21)17-8-10-3-4-11-12(7-10)23-9-22-11/h3-7H,8-9H2,1-2H3,(H2,16,17,18,19,21). The van der Waals surface area contributed by atoms with Gasteiger partial charge in [0.25, 0.3) is 0 Å². The van der Waals surface area contributed by atoms with Crippen LogP contribution in [0.3, 0.4) is 0 Å². The lowest BCUT2D eigenvalue weighted by Crippen LogP contribution is -2.29. The van der Waals surface area contributed by atoms with Crippen molar-refractivity contribution >= 4 is 17.8 Å². The molecule has 2 aromatic rings. The van der Waals surface area contributed by atoms with E-state index in [9.17, 15) is 4.79 Å². The summed E-state index contributed by atoms with van der Waals surface area (Å²) in [5.74, 6) is 2.37. The van der Waals surface area contributed by atoms with Crippen molar-refractivity contribution < 1.29 is 14.3 Å². The molecule has 2 heterocycles. The number of nitrogens with zero attached hydrogens (tertiary/aromatic N) is 3. The number of carbonyl (C=O) groups excluding carboxylic acids is 1. The molecule has 120 valence electrons. The molecular weight excluding hydrogens is 298 g/mol. The average molecular weight is 315 g/mol. The summed E-state index contributed by atoms with van der Waals surface area (Å²) in [6.07, 6.45) is 1.59. The van der Waals surface area contributed by atoms with Crippen LogP contribution in [-0.4, -0.2) is 36.9 Å². The van der Waals surface area contributed by atoms with Gasteiger partial charge < -0.3 is 19.7 Å². The van der Waals surface area contributed by atoms with Gasteiger partial charge in [0, 0.05) is 26.8 Å². The van der Waals surface area contributed by atoms with Crippen LogP contribution in [0.2, 0.25) is 0 Å². The van der Waals surface area contributed by atoms with Crippen LogP contribution in [0.1, 0.15) is 5.56 Å². The zero-order valence-corrected chi connectivity index (χ0v) is 12.9. The van der Waals surface area contributed by atoms with Crippen molar-refractivity contribution in [3.8, 4) is 11.5 Å². The third-order valence-corrected chi connectivity index (χ3v) is 3.21. The van der Waals surface area contributed by atoms with Gasteiger partial charge in [-0.1, -0.05) is 6.07 Å². The van der Waals surface area contributed by atoms with Crippen molar-refractivity contribution in [3.05, 3.63) is 36.0 Å². The molecule has 3 rings (SSSR count). The number of amides is 2. The van der Waals surface area contributed by atoms with Gasteiger partial charge in [-0.3, -0.25) is 5.32 Å². The van der Waals surface area contributed by atoms with Gasteiger partial charge in [0.05, 0.1) is 0 Å². The molecule has 1 aromatic carbocycles. The fourth-order valence-corrected chi connectivity index (χ4v) is 2.04. The number of anilines is 2. The van der Waals surface area contributed by atoms with Crippen molar-refractivity contribution in [1.29, 1.82) is 0 Å². The summed E-state index contributed by atoms with van der Waals surface area (Å²) >= 11 is 0. The highest BCUT2D eigenvalue weighted by Crippen LogP contribution is 2.32. The van der Waals surface area contributed by atoms with Gasteiger partial charge in [-0.05, 0) is 23.8 Å². The van der Waals surface area contributed by atoms with Crippen molar-refractivity contribution in [1.82, 2.24) is 15.3 Å². The first-order valence-electron chi connectivity index (χ1n) is 7.05. The molecule has 0 saturated carbocycles. The molecule has 0 spiro atoms. The molecule has 8 nitrogen and oxygen atoms in total. The molecular formula is C15H17N5O3. The monoisotopic (exact) mass is 315 g/mol. The Morgan fingerprint density at radius 2 is 2.09 bits per heavy atom. The molecule has 0 unspecified atom stereocenters. The Hall–Kier alpha value is -3.03. The molecule has 1 aromatic heterocycles. The highest BCUT2D eigenvalue weighted by molar-refractivity contribution is 5.87. The summed E-state index contributed by atoms with van der Waals surface area (Å²) in [6, 6.07) is 6.91. The highest BCUT2D eigenvalue weighted by atomic mass is 16.7. The summed E-state index contributed by atoms with van der Waals surface area (Å²) in [5, 5.41) is 5.35. The summed E-state index contributed by atoms with van der Waals surface area (Å²) in [5.41, 5.74) is 0.910. The molecule has 2 N–H and O–H groups in total. The van der Waals surface area contributed by atoms with Crippen LogP contribution in [0.4, 0.5) is 16.6 Å². The second-order valence-electron chi connectivity index (χ2n) is 5.13. The van der Waals surface area contributed by atoms with Crippen molar-refractivity contribution in [2.45, 2.75) is 6.54 Å². The van der Waals surface area contributed by atoms with Crippen LogP contribution in [0.5, 0.6) is 11.5 Å². The zero-order chi connectivity index (χ0) is 16.2. The van der Waals surface area contributed by atoms with Crippen LogP contribution in [-0.2, 0) is 6.54 Å². The lowest BCUT2D eigenvalue weighted by Gasteiger charge is -2.12. The molecule has 0 atom stereocenters. The SMILES string of the molecule is CN(C)c1ccnc(NC(=O)NCc2ccc3c(c2)OCO3)n1. The summed E-state index contributed by atoms with van der Waals surface area (Å²) in [7, 11) is 3.73. The number of urea groups is 1. The van der Waals surface area contributed by atoms with E-state index in [2.05, 4.69) is 20.6 Å². The third-order valence-electron chi connectivity index (χ3n) is 3.21. The van der Waals surface area contributed by atoms with E-state index in [1.54, 1.807) is 12.3 Å². The molecule has 8 heteroatoms. The maximum Gasteiger partial charge on any atom is 0.321 e. The summed E-state index contributed by atoms with van der Waals surface area (Å²) < 4.78 is 10.5. The largest absolute Gasteiger partial charge is 0.454 e. The molecule has 23 heavy (non-hydrogen) atoms. The molecule has 0 bridgehead atoms. The van der Waals surface area contributed by atoms with E-state index in [1.807, 2.05) is 37.2 Å². The Labute approximate surface area is 133 Å². The van der Waals surface area contributed by atoms with E-state index in [1.165, 1.54) is 0 Å². The number of hydrogen-bond donors (Lipinski definition) is 2. The topological polar surface area (TPSA) is 88.6 Å². The number of fused-ring (bicyclic) bond motifs is 1. The Balaban J connectivity index is 1.56. The molecule has 0 aliphatic carbocycles. The van der Waals surface area contributed by atoms with E-state index in [0.29, 0.717) is 23.9 Å². The average Bonchev–Trinajstić information content (AvgIpc) is 3.01. The Morgan fingerprint density at radius 1 is 1.26 bits per heavy atom. The van der Waals surface area contributed by atoms with Gasteiger partial charge >= 0.3 is 6.03 Å². The highest BCUT2D eigenvalue weighted by Gasteiger charge is 2.13. The quantitative estimate of drug-likeness (QED) is 0.891. The van der Waals surface area contributed by atoms with E-state index in [0.717, 1.165) is 5.56 Å². The van der Waals surface area contributed by atoms with E-state index in [4.69, 9.17) is 9.47 Å². The van der Waals surface area contributed by atoms with Crippen molar-refractivity contribution in [2.75, 3.05) is 31.1 Å². The van der Waals surface area contributed by atoms with Crippen LogP contribution in [0.25, 0.3) is 0 Å². The van der Waals surface area contributed by atoms with Crippen LogP contribution in [0.15, 0.2) is 30.5 Å². The number of aromatic nitrogens is 2. The summed E-state index contributed by atoms with van der Waals surface area (Å²) in [4.78, 5) is 22.0. The van der Waals surface area contributed by atoms with Gasteiger partial charge in [-0.25, -0.2) is 9.78 Å². The number of nitrogens with one attached hydrogen (secondary N) is 2. The van der Waals surface area contributed by atoms with Gasteiger partial charge in [0.2, 0.25) is 12.7 Å². The molecule has 0 radical (unpaired) electrons. The van der Waals surface area contributed by atoms with Gasteiger partial charge in [0.15, 0.2) is 11.5 Å². The molecule has 1 aliphatic rings.